The van der Waals surface area contributed by atoms with Gasteiger partial charge in [0.2, 0.25) is 0 Å². The van der Waals surface area contributed by atoms with Crippen LogP contribution in [-0.2, 0) is 11.2 Å². The summed E-state index contributed by atoms with van der Waals surface area (Å²) < 4.78 is 12.8. The van der Waals surface area contributed by atoms with Crippen molar-refractivity contribution in [3.8, 4) is 0 Å². The molecular weight excluding hydrogens is 195 g/mol. The number of hydrogen-bond acceptors (Lipinski definition) is 2. The Kier molecular flexibility index (Phi) is 4.43. The van der Waals surface area contributed by atoms with Gasteiger partial charge >= 0.3 is 0 Å². The van der Waals surface area contributed by atoms with Gasteiger partial charge in [0.05, 0.1) is 0 Å². The quantitative estimate of drug-likeness (QED) is 0.807. The SMILES string of the molecule is Cc1cc(F)ccc1CC(=O)CCCO. The molecule has 0 spiro atoms. The maximum atomic E-state index is 12.8. The Bertz CT molecular complexity index is 347. The second-order valence-electron chi connectivity index (χ2n) is 3.61. The van der Waals surface area contributed by atoms with Gasteiger partial charge in [-0.15, -0.1) is 0 Å². The Labute approximate surface area is 88.7 Å². The molecule has 0 aliphatic carbocycles. The number of halogens is 1. The molecule has 0 saturated heterocycles. The lowest BCUT2D eigenvalue weighted by atomic mass is 10.0. The van der Waals surface area contributed by atoms with Crippen molar-refractivity contribution in [2.75, 3.05) is 6.61 Å². The molecule has 1 aromatic carbocycles. The Hall–Kier alpha value is -1.22. The number of carbonyl (C=O) groups is 1. The van der Waals surface area contributed by atoms with Crippen LogP contribution in [0.15, 0.2) is 18.2 Å². The van der Waals surface area contributed by atoms with E-state index in [4.69, 9.17) is 5.11 Å². The first-order valence-electron chi connectivity index (χ1n) is 5.01. The number of hydrogen-bond donors (Lipinski definition) is 1. The average Bonchev–Trinajstić information content (AvgIpc) is 2.19. The third-order valence-corrected chi connectivity index (χ3v) is 2.31. The second-order valence-corrected chi connectivity index (χ2v) is 3.61. The van der Waals surface area contributed by atoms with Crippen molar-refractivity contribution in [3.63, 3.8) is 0 Å². The number of carbonyl (C=O) groups excluding carboxylic acids is 1. The summed E-state index contributed by atoms with van der Waals surface area (Å²) in [6.45, 7) is 1.83. The van der Waals surface area contributed by atoms with E-state index in [0.717, 1.165) is 11.1 Å². The predicted octanol–water partition coefficient (Wildman–Crippen LogP) is 2.02. The van der Waals surface area contributed by atoms with E-state index >= 15 is 0 Å². The third-order valence-electron chi connectivity index (χ3n) is 2.31. The summed E-state index contributed by atoms with van der Waals surface area (Å²) in [7, 11) is 0. The molecule has 0 aliphatic heterocycles. The molecule has 0 amide bonds. The zero-order chi connectivity index (χ0) is 11.3. The van der Waals surface area contributed by atoms with Gasteiger partial charge < -0.3 is 5.11 Å². The van der Waals surface area contributed by atoms with Gasteiger partial charge in [-0.1, -0.05) is 6.07 Å². The summed E-state index contributed by atoms with van der Waals surface area (Å²) in [6, 6.07) is 4.43. The minimum atomic E-state index is -0.279. The zero-order valence-electron chi connectivity index (χ0n) is 8.79. The van der Waals surface area contributed by atoms with Crippen LogP contribution in [-0.4, -0.2) is 17.5 Å². The summed E-state index contributed by atoms with van der Waals surface area (Å²) in [4.78, 5) is 11.4. The summed E-state index contributed by atoms with van der Waals surface area (Å²) in [6.07, 6.45) is 1.21. The van der Waals surface area contributed by atoms with E-state index in [1.807, 2.05) is 0 Å². The summed E-state index contributed by atoms with van der Waals surface area (Å²) in [5, 5.41) is 8.57. The van der Waals surface area contributed by atoms with Crippen molar-refractivity contribution in [2.45, 2.75) is 26.2 Å². The average molecular weight is 210 g/mol. The van der Waals surface area contributed by atoms with Crippen LogP contribution in [0.3, 0.4) is 0 Å². The van der Waals surface area contributed by atoms with Crippen molar-refractivity contribution in [1.29, 1.82) is 0 Å². The minimum absolute atomic E-state index is 0.0359. The number of benzene rings is 1. The Balaban J connectivity index is 2.60. The molecule has 2 nitrogen and oxygen atoms in total. The van der Waals surface area contributed by atoms with E-state index in [1.165, 1.54) is 12.1 Å². The van der Waals surface area contributed by atoms with Crippen molar-refractivity contribution in [3.05, 3.63) is 35.1 Å². The van der Waals surface area contributed by atoms with Gasteiger partial charge in [0.25, 0.3) is 0 Å². The highest BCUT2D eigenvalue weighted by Gasteiger charge is 2.06. The Morgan fingerprint density at radius 1 is 1.47 bits per heavy atom. The summed E-state index contributed by atoms with van der Waals surface area (Å²) in [5.74, 6) is -0.196. The first-order valence-corrected chi connectivity index (χ1v) is 5.01. The monoisotopic (exact) mass is 210 g/mol. The first-order chi connectivity index (χ1) is 7.13. The highest BCUT2D eigenvalue weighted by Crippen LogP contribution is 2.12. The van der Waals surface area contributed by atoms with Gasteiger partial charge in [0, 0.05) is 19.4 Å². The van der Waals surface area contributed by atoms with E-state index < -0.39 is 0 Å². The maximum absolute atomic E-state index is 12.8. The molecule has 1 rings (SSSR count). The van der Waals surface area contributed by atoms with Gasteiger partial charge in [-0.05, 0) is 36.6 Å². The standard InChI is InChI=1S/C12H15FO2/c1-9-7-11(13)5-4-10(9)8-12(15)3-2-6-14/h4-5,7,14H,2-3,6,8H2,1H3. The van der Waals surface area contributed by atoms with Crippen LogP contribution >= 0.6 is 0 Å². The number of aryl methyl sites for hydroxylation is 1. The molecule has 0 radical (unpaired) electrons. The molecule has 82 valence electrons. The van der Waals surface area contributed by atoms with Crippen molar-refractivity contribution < 1.29 is 14.3 Å². The van der Waals surface area contributed by atoms with E-state index in [-0.39, 0.29) is 18.2 Å². The van der Waals surface area contributed by atoms with Crippen LogP contribution in [0.25, 0.3) is 0 Å². The van der Waals surface area contributed by atoms with E-state index in [2.05, 4.69) is 0 Å². The second kappa shape index (κ2) is 5.61. The van der Waals surface area contributed by atoms with E-state index in [9.17, 15) is 9.18 Å². The van der Waals surface area contributed by atoms with Gasteiger partial charge in [-0.2, -0.15) is 0 Å². The molecule has 0 aliphatic rings. The molecule has 3 heteroatoms. The molecule has 1 N–H and O–H groups in total. The number of Topliss-reactive ketones (excluding diaryl/α,β-unsaturated/α-hetero) is 1. The fourth-order valence-corrected chi connectivity index (χ4v) is 1.43. The number of rotatable bonds is 5. The molecule has 0 bridgehead atoms. The first kappa shape index (κ1) is 11.9. The van der Waals surface area contributed by atoms with Crippen LogP contribution in [0.2, 0.25) is 0 Å². The van der Waals surface area contributed by atoms with Gasteiger partial charge in [0.1, 0.15) is 11.6 Å². The lowest BCUT2D eigenvalue weighted by Crippen LogP contribution is -2.05. The van der Waals surface area contributed by atoms with Crippen LogP contribution in [0.4, 0.5) is 4.39 Å². The van der Waals surface area contributed by atoms with Crippen molar-refractivity contribution >= 4 is 5.78 Å². The summed E-state index contributed by atoms with van der Waals surface area (Å²) >= 11 is 0. The molecule has 0 aromatic heterocycles. The smallest absolute Gasteiger partial charge is 0.137 e. The topological polar surface area (TPSA) is 37.3 Å². The lowest BCUT2D eigenvalue weighted by Gasteiger charge is -2.04. The molecular formula is C12H15FO2. The normalized spacial score (nSPS) is 10.3. The molecule has 0 heterocycles. The van der Waals surface area contributed by atoms with E-state index in [1.54, 1.807) is 13.0 Å². The van der Waals surface area contributed by atoms with Crippen LogP contribution < -0.4 is 0 Å². The molecule has 0 fully saturated rings. The number of aliphatic hydroxyl groups is 1. The van der Waals surface area contributed by atoms with Crippen molar-refractivity contribution in [2.24, 2.45) is 0 Å². The van der Waals surface area contributed by atoms with Crippen LogP contribution in [0.1, 0.15) is 24.0 Å². The number of aliphatic hydroxyl groups excluding tert-OH is 1. The molecule has 0 atom stereocenters. The van der Waals surface area contributed by atoms with Crippen LogP contribution in [0, 0.1) is 12.7 Å². The van der Waals surface area contributed by atoms with Gasteiger partial charge in [-0.3, -0.25) is 4.79 Å². The van der Waals surface area contributed by atoms with Crippen molar-refractivity contribution in [1.82, 2.24) is 0 Å². The van der Waals surface area contributed by atoms with Gasteiger partial charge in [0.15, 0.2) is 0 Å². The highest BCUT2D eigenvalue weighted by molar-refractivity contribution is 5.81. The van der Waals surface area contributed by atoms with E-state index in [0.29, 0.717) is 19.3 Å². The Morgan fingerprint density at radius 3 is 2.80 bits per heavy atom. The minimum Gasteiger partial charge on any atom is -0.396 e. The lowest BCUT2D eigenvalue weighted by molar-refractivity contribution is -0.118. The molecule has 1 aromatic rings. The van der Waals surface area contributed by atoms with Gasteiger partial charge in [-0.25, -0.2) is 4.39 Å². The highest BCUT2D eigenvalue weighted by atomic mass is 19.1. The molecule has 0 saturated carbocycles. The largest absolute Gasteiger partial charge is 0.396 e. The third kappa shape index (κ3) is 3.80. The molecule has 15 heavy (non-hydrogen) atoms. The molecule has 0 unspecified atom stereocenters. The predicted molar refractivity (Wildman–Crippen MR) is 56.2 cm³/mol. The number of ketones is 1. The zero-order valence-corrected chi connectivity index (χ0v) is 8.79. The Morgan fingerprint density at radius 2 is 2.20 bits per heavy atom. The fraction of sp³-hybridized carbons (Fsp3) is 0.417. The maximum Gasteiger partial charge on any atom is 0.137 e. The summed E-state index contributed by atoms with van der Waals surface area (Å²) in [5.41, 5.74) is 1.66. The van der Waals surface area contributed by atoms with Crippen LogP contribution in [0.5, 0.6) is 0 Å². The fourth-order valence-electron chi connectivity index (χ4n) is 1.43.